The monoisotopic (exact) mass is 465 g/mol. The van der Waals surface area contributed by atoms with Crippen molar-refractivity contribution in [2.24, 2.45) is 0 Å². The van der Waals surface area contributed by atoms with Crippen LogP contribution in [0.5, 0.6) is 0 Å². The SMILES string of the molecule is O=C(CSc1nnc(-c2ccc(Cl)cc2)o1)Nc1ccc(-c2ncc3n2CCCC3)cc1. The van der Waals surface area contributed by atoms with Crippen molar-refractivity contribution in [3.05, 3.63) is 65.4 Å². The maximum Gasteiger partial charge on any atom is 0.277 e. The first-order valence-electron chi connectivity index (χ1n) is 10.3. The molecule has 0 saturated carbocycles. The summed E-state index contributed by atoms with van der Waals surface area (Å²) in [6, 6.07) is 14.9. The molecule has 1 amide bonds. The minimum Gasteiger partial charge on any atom is -0.411 e. The number of halogens is 1. The van der Waals surface area contributed by atoms with E-state index in [9.17, 15) is 4.79 Å². The molecule has 4 aromatic rings. The second-order valence-corrected chi connectivity index (χ2v) is 8.84. The lowest BCUT2D eigenvalue weighted by Gasteiger charge is -2.16. The topological polar surface area (TPSA) is 85.8 Å². The predicted molar refractivity (Wildman–Crippen MR) is 125 cm³/mol. The van der Waals surface area contributed by atoms with Crippen LogP contribution in [-0.2, 0) is 17.8 Å². The average molecular weight is 466 g/mol. The van der Waals surface area contributed by atoms with Crippen molar-refractivity contribution in [1.82, 2.24) is 19.7 Å². The third-order valence-corrected chi connectivity index (χ3v) is 6.32. The highest BCUT2D eigenvalue weighted by Gasteiger charge is 2.15. The average Bonchev–Trinajstić information content (AvgIpc) is 3.46. The molecule has 0 saturated heterocycles. The third kappa shape index (κ3) is 4.56. The van der Waals surface area contributed by atoms with Gasteiger partial charge in [-0.3, -0.25) is 4.79 Å². The fourth-order valence-corrected chi connectivity index (χ4v) is 4.36. The van der Waals surface area contributed by atoms with Gasteiger partial charge in [-0.2, -0.15) is 0 Å². The second kappa shape index (κ2) is 9.18. The normalized spacial score (nSPS) is 13.0. The Morgan fingerprint density at radius 1 is 1.06 bits per heavy atom. The molecule has 0 radical (unpaired) electrons. The van der Waals surface area contributed by atoms with Gasteiger partial charge in [0.1, 0.15) is 5.82 Å². The second-order valence-electron chi connectivity index (χ2n) is 7.48. The van der Waals surface area contributed by atoms with E-state index in [1.54, 1.807) is 24.3 Å². The molecule has 7 nitrogen and oxygen atoms in total. The van der Waals surface area contributed by atoms with Crippen LogP contribution >= 0.6 is 23.4 Å². The number of rotatable bonds is 6. The lowest BCUT2D eigenvalue weighted by atomic mass is 10.1. The molecule has 0 fully saturated rings. The summed E-state index contributed by atoms with van der Waals surface area (Å²) in [5.74, 6) is 1.40. The summed E-state index contributed by atoms with van der Waals surface area (Å²) < 4.78 is 7.91. The standard InChI is InChI=1S/C23H20ClN5O2S/c24-17-8-4-16(5-9-17)22-27-28-23(31-22)32-14-20(30)26-18-10-6-15(7-11-18)21-25-13-19-3-1-2-12-29(19)21/h4-11,13H,1-3,12,14H2,(H,26,30). The number of benzene rings is 2. The van der Waals surface area contributed by atoms with Crippen molar-refractivity contribution in [1.29, 1.82) is 0 Å². The molecule has 162 valence electrons. The van der Waals surface area contributed by atoms with Gasteiger partial charge in [0.05, 0.1) is 5.75 Å². The van der Waals surface area contributed by atoms with E-state index >= 15 is 0 Å². The number of nitrogens with one attached hydrogen (secondary N) is 1. The van der Waals surface area contributed by atoms with Crippen LogP contribution in [0.15, 0.2) is 64.4 Å². The number of nitrogens with zero attached hydrogens (tertiary/aromatic N) is 4. The fourth-order valence-electron chi connectivity index (χ4n) is 3.67. The van der Waals surface area contributed by atoms with E-state index in [0.29, 0.717) is 16.1 Å². The summed E-state index contributed by atoms with van der Waals surface area (Å²) in [6.07, 6.45) is 5.46. The van der Waals surface area contributed by atoms with Crippen molar-refractivity contribution < 1.29 is 9.21 Å². The first kappa shape index (κ1) is 20.8. The highest BCUT2D eigenvalue weighted by Crippen LogP contribution is 2.27. The van der Waals surface area contributed by atoms with Crippen LogP contribution in [0.3, 0.4) is 0 Å². The predicted octanol–water partition coefficient (Wildman–Crippen LogP) is 5.32. The van der Waals surface area contributed by atoms with Gasteiger partial charge in [-0.15, -0.1) is 10.2 Å². The molecule has 1 aliphatic rings. The molecule has 1 N–H and O–H groups in total. The van der Waals surface area contributed by atoms with Crippen LogP contribution in [0.2, 0.25) is 5.02 Å². The maximum absolute atomic E-state index is 12.4. The van der Waals surface area contributed by atoms with Crippen LogP contribution in [0, 0.1) is 0 Å². The molecule has 32 heavy (non-hydrogen) atoms. The molecular weight excluding hydrogens is 446 g/mol. The smallest absolute Gasteiger partial charge is 0.277 e. The van der Waals surface area contributed by atoms with Crippen molar-refractivity contribution in [3.8, 4) is 22.8 Å². The van der Waals surface area contributed by atoms with E-state index in [1.165, 1.54) is 30.3 Å². The van der Waals surface area contributed by atoms with Gasteiger partial charge in [0.25, 0.3) is 5.22 Å². The van der Waals surface area contributed by atoms with Gasteiger partial charge < -0.3 is 14.3 Å². The van der Waals surface area contributed by atoms with E-state index in [-0.39, 0.29) is 11.7 Å². The van der Waals surface area contributed by atoms with E-state index in [0.717, 1.165) is 35.6 Å². The van der Waals surface area contributed by atoms with Gasteiger partial charge in [0.15, 0.2) is 0 Å². The van der Waals surface area contributed by atoms with Gasteiger partial charge >= 0.3 is 0 Å². The van der Waals surface area contributed by atoms with Crippen LogP contribution in [-0.4, -0.2) is 31.4 Å². The van der Waals surface area contributed by atoms with E-state index < -0.39 is 0 Å². The molecule has 0 atom stereocenters. The Labute approximate surface area is 194 Å². The van der Waals surface area contributed by atoms with Gasteiger partial charge in [-0.25, -0.2) is 4.98 Å². The minimum atomic E-state index is -0.146. The zero-order chi connectivity index (χ0) is 21.9. The maximum atomic E-state index is 12.4. The van der Waals surface area contributed by atoms with Gasteiger partial charge in [0, 0.05) is 40.3 Å². The molecular formula is C23H20ClN5O2S. The van der Waals surface area contributed by atoms with E-state index in [1.807, 2.05) is 30.5 Å². The molecule has 0 aliphatic carbocycles. The number of imidazole rings is 1. The number of anilines is 1. The minimum absolute atomic E-state index is 0.146. The molecule has 2 aromatic heterocycles. The lowest BCUT2D eigenvalue weighted by Crippen LogP contribution is -2.14. The summed E-state index contributed by atoms with van der Waals surface area (Å²) >= 11 is 7.09. The molecule has 0 bridgehead atoms. The van der Waals surface area contributed by atoms with Gasteiger partial charge in [0.2, 0.25) is 11.8 Å². The molecule has 0 unspecified atom stereocenters. The van der Waals surface area contributed by atoms with Crippen molar-refractivity contribution >= 4 is 35.0 Å². The first-order valence-corrected chi connectivity index (χ1v) is 11.7. The largest absolute Gasteiger partial charge is 0.411 e. The Kier molecular flexibility index (Phi) is 5.96. The lowest BCUT2D eigenvalue weighted by molar-refractivity contribution is -0.113. The molecule has 9 heteroatoms. The Bertz CT molecular complexity index is 1230. The zero-order valence-electron chi connectivity index (χ0n) is 17.1. The molecule has 5 rings (SSSR count). The first-order chi connectivity index (χ1) is 15.7. The molecule has 0 spiro atoms. The van der Waals surface area contributed by atoms with Gasteiger partial charge in [-0.05, 0) is 67.8 Å². The number of hydrogen-bond donors (Lipinski definition) is 1. The number of carbonyl (C=O) groups is 1. The summed E-state index contributed by atoms with van der Waals surface area (Å²) in [6.45, 7) is 1.01. The highest BCUT2D eigenvalue weighted by atomic mass is 35.5. The Morgan fingerprint density at radius 3 is 2.66 bits per heavy atom. The number of fused-ring (bicyclic) bond motifs is 1. The molecule has 3 heterocycles. The fraction of sp³-hybridized carbons (Fsp3) is 0.217. The number of amides is 1. The van der Waals surface area contributed by atoms with Crippen molar-refractivity contribution in [2.45, 2.75) is 31.0 Å². The van der Waals surface area contributed by atoms with Crippen molar-refractivity contribution in [2.75, 3.05) is 11.1 Å². The third-order valence-electron chi connectivity index (χ3n) is 5.25. The Balaban J connectivity index is 1.17. The number of aryl methyl sites for hydroxylation is 1. The van der Waals surface area contributed by atoms with E-state index in [4.69, 9.17) is 16.0 Å². The number of aromatic nitrogens is 4. The molecule has 2 aromatic carbocycles. The van der Waals surface area contributed by atoms with E-state index in [2.05, 4.69) is 25.1 Å². The van der Waals surface area contributed by atoms with Crippen molar-refractivity contribution in [3.63, 3.8) is 0 Å². The number of hydrogen-bond acceptors (Lipinski definition) is 6. The quantitative estimate of drug-likeness (QED) is 0.388. The Hall–Kier alpha value is -3.10. The van der Waals surface area contributed by atoms with Crippen LogP contribution < -0.4 is 5.32 Å². The Morgan fingerprint density at radius 2 is 1.84 bits per heavy atom. The van der Waals surface area contributed by atoms with Crippen LogP contribution in [0.25, 0.3) is 22.8 Å². The summed E-state index contributed by atoms with van der Waals surface area (Å²) in [5.41, 5.74) is 3.85. The summed E-state index contributed by atoms with van der Waals surface area (Å²) in [7, 11) is 0. The van der Waals surface area contributed by atoms with Crippen LogP contribution in [0.1, 0.15) is 18.5 Å². The summed E-state index contributed by atoms with van der Waals surface area (Å²) in [5, 5.41) is 11.9. The van der Waals surface area contributed by atoms with Gasteiger partial charge in [-0.1, -0.05) is 23.4 Å². The van der Waals surface area contributed by atoms with Crippen LogP contribution in [0.4, 0.5) is 5.69 Å². The molecule has 1 aliphatic heterocycles. The number of carbonyl (C=O) groups excluding carboxylic acids is 1. The highest BCUT2D eigenvalue weighted by molar-refractivity contribution is 7.99. The number of thioether (sulfide) groups is 1. The summed E-state index contributed by atoms with van der Waals surface area (Å²) in [4.78, 5) is 16.9. The zero-order valence-corrected chi connectivity index (χ0v) is 18.7.